The summed E-state index contributed by atoms with van der Waals surface area (Å²) in [4.78, 5) is 4.60. The van der Waals surface area contributed by atoms with Gasteiger partial charge in [0.05, 0.1) is 11.6 Å². The minimum atomic E-state index is 0.383. The topological polar surface area (TPSA) is 32.6 Å². The number of aryl methyl sites for hydroxylation is 1. The van der Waals surface area contributed by atoms with Gasteiger partial charge < -0.3 is 5.11 Å². The molecule has 17 heavy (non-hydrogen) atoms. The van der Waals surface area contributed by atoms with Gasteiger partial charge in [-0.25, -0.2) is 0 Å². The lowest BCUT2D eigenvalue weighted by Crippen LogP contribution is -2.03. The van der Waals surface area contributed by atoms with E-state index in [2.05, 4.69) is 31.8 Å². The average molecular weight is 249 g/mol. The Kier molecular flexibility index (Phi) is 3.48. The van der Waals surface area contributed by atoms with Gasteiger partial charge >= 0.3 is 0 Å². The Labute approximate surface area is 107 Å². The van der Waals surface area contributed by atoms with Gasteiger partial charge in [0, 0.05) is 10.8 Å². The molecule has 2 rings (SSSR count). The van der Waals surface area contributed by atoms with E-state index in [4.69, 9.17) is 0 Å². The third-order valence-electron chi connectivity index (χ3n) is 3.03. The van der Waals surface area contributed by atoms with Crippen LogP contribution in [0.2, 0.25) is 0 Å². The zero-order valence-corrected chi connectivity index (χ0v) is 11.6. The van der Waals surface area contributed by atoms with Gasteiger partial charge in [-0.2, -0.15) is 0 Å². The fraction of sp³-hybridized carbons (Fsp3) is 0.500. The molecule has 0 aliphatic carbocycles. The minimum Gasteiger partial charge on any atom is -0.508 e. The number of hydrogen-bond donors (Lipinski definition) is 1. The lowest BCUT2D eigenvalue weighted by molar-refractivity contribution is 0.470. The molecule has 3 heteroatoms. The zero-order chi connectivity index (χ0) is 12.6. The molecule has 0 radical (unpaired) electrons. The SMILES string of the molecule is Cc1cc(C2=NC[C@@H](C)S2)c(C(C)C)cc1O. The van der Waals surface area contributed by atoms with Crippen molar-refractivity contribution in [3.05, 3.63) is 28.8 Å². The molecule has 0 amide bonds. The van der Waals surface area contributed by atoms with E-state index in [1.807, 2.05) is 24.8 Å². The molecule has 0 saturated heterocycles. The van der Waals surface area contributed by atoms with Crippen LogP contribution in [-0.2, 0) is 0 Å². The first kappa shape index (κ1) is 12.5. The van der Waals surface area contributed by atoms with Crippen LogP contribution in [0.1, 0.15) is 43.4 Å². The molecule has 0 spiro atoms. The van der Waals surface area contributed by atoms with Crippen molar-refractivity contribution in [3.8, 4) is 5.75 Å². The highest BCUT2D eigenvalue weighted by Crippen LogP contribution is 2.33. The van der Waals surface area contributed by atoms with Gasteiger partial charge in [0.15, 0.2) is 0 Å². The van der Waals surface area contributed by atoms with Crippen molar-refractivity contribution in [3.63, 3.8) is 0 Å². The number of nitrogens with zero attached hydrogens (tertiary/aromatic N) is 1. The number of phenolic OH excluding ortho intramolecular Hbond substituents is 1. The van der Waals surface area contributed by atoms with Gasteiger partial charge in [-0.3, -0.25) is 4.99 Å². The highest BCUT2D eigenvalue weighted by atomic mass is 32.2. The molecule has 1 aliphatic heterocycles. The predicted octanol–water partition coefficient (Wildman–Crippen LogP) is 3.71. The highest BCUT2D eigenvalue weighted by Gasteiger charge is 2.21. The first-order valence-electron chi connectivity index (χ1n) is 6.04. The van der Waals surface area contributed by atoms with Crippen molar-refractivity contribution >= 4 is 16.8 Å². The van der Waals surface area contributed by atoms with Crippen LogP contribution in [0.4, 0.5) is 0 Å². The number of rotatable bonds is 2. The lowest BCUT2D eigenvalue weighted by atomic mass is 9.95. The molecular formula is C14H19NOS. The lowest BCUT2D eigenvalue weighted by Gasteiger charge is -2.15. The fourth-order valence-electron chi connectivity index (χ4n) is 2.00. The molecule has 0 saturated carbocycles. The fourth-order valence-corrected chi connectivity index (χ4v) is 2.98. The van der Waals surface area contributed by atoms with Crippen molar-refractivity contribution in [1.82, 2.24) is 0 Å². The molecule has 1 heterocycles. The van der Waals surface area contributed by atoms with Gasteiger partial charge in [-0.05, 0) is 36.1 Å². The summed E-state index contributed by atoms with van der Waals surface area (Å²) in [6.07, 6.45) is 0. The molecule has 1 aromatic carbocycles. The van der Waals surface area contributed by atoms with Crippen LogP contribution in [-0.4, -0.2) is 21.9 Å². The molecule has 1 aliphatic rings. The van der Waals surface area contributed by atoms with E-state index in [0.717, 1.165) is 17.2 Å². The quantitative estimate of drug-likeness (QED) is 0.866. The van der Waals surface area contributed by atoms with Crippen LogP contribution < -0.4 is 0 Å². The van der Waals surface area contributed by atoms with Gasteiger partial charge in [0.1, 0.15) is 5.75 Å². The second-order valence-electron chi connectivity index (χ2n) is 4.95. The zero-order valence-electron chi connectivity index (χ0n) is 10.8. The van der Waals surface area contributed by atoms with Gasteiger partial charge in [0.2, 0.25) is 0 Å². The van der Waals surface area contributed by atoms with E-state index in [1.165, 1.54) is 11.1 Å². The normalized spacial score (nSPS) is 19.8. The van der Waals surface area contributed by atoms with Gasteiger partial charge in [0.25, 0.3) is 0 Å². The summed E-state index contributed by atoms with van der Waals surface area (Å²) in [5.74, 6) is 0.782. The van der Waals surface area contributed by atoms with Crippen molar-refractivity contribution in [1.29, 1.82) is 0 Å². The van der Waals surface area contributed by atoms with E-state index in [-0.39, 0.29) is 0 Å². The number of benzene rings is 1. The first-order valence-corrected chi connectivity index (χ1v) is 6.92. The Morgan fingerprint density at radius 1 is 1.41 bits per heavy atom. The molecule has 2 nitrogen and oxygen atoms in total. The van der Waals surface area contributed by atoms with E-state index in [9.17, 15) is 5.11 Å². The van der Waals surface area contributed by atoms with Crippen LogP contribution in [0.3, 0.4) is 0 Å². The Balaban J connectivity index is 2.48. The summed E-state index contributed by atoms with van der Waals surface area (Å²) in [6, 6.07) is 3.95. The maximum atomic E-state index is 9.82. The van der Waals surface area contributed by atoms with Crippen LogP contribution in [0.5, 0.6) is 5.75 Å². The van der Waals surface area contributed by atoms with Crippen molar-refractivity contribution < 1.29 is 5.11 Å². The summed E-state index contributed by atoms with van der Waals surface area (Å²) in [6.45, 7) is 9.34. The second-order valence-corrected chi connectivity index (χ2v) is 6.38. The molecule has 0 fully saturated rings. The summed E-state index contributed by atoms with van der Waals surface area (Å²) in [7, 11) is 0. The Morgan fingerprint density at radius 3 is 2.65 bits per heavy atom. The second kappa shape index (κ2) is 4.73. The summed E-state index contributed by atoms with van der Waals surface area (Å²) >= 11 is 1.83. The number of hydrogen-bond acceptors (Lipinski definition) is 3. The standard InChI is InChI=1S/C14H19NOS/c1-8(2)11-6-13(16)9(3)5-12(11)14-15-7-10(4)17-14/h5-6,8,10,16H,7H2,1-4H3/t10-/m1/s1. The molecule has 1 N–H and O–H groups in total. The summed E-state index contributed by atoms with van der Waals surface area (Å²) in [5, 5.41) is 11.5. The van der Waals surface area contributed by atoms with Crippen molar-refractivity contribution in [2.45, 2.75) is 38.9 Å². The smallest absolute Gasteiger partial charge is 0.118 e. The Hall–Kier alpha value is -0.960. The number of thioether (sulfide) groups is 1. The monoisotopic (exact) mass is 249 g/mol. The molecule has 0 unspecified atom stereocenters. The first-order chi connectivity index (χ1) is 7.99. The molecule has 92 valence electrons. The summed E-state index contributed by atoms with van der Waals surface area (Å²) < 4.78 is 0. The number of phenols is 1. The maximum Gasteiger partial charge on any atom is 0.118 e. The number of aliphatic imine (C=N–C) groups is 1. The average Bonchev–Trinajstić information content (AvgIpc) is 2.68. The van der Waals surface area contributed by atoms with Crippen LogP contribution >= 0.6 is 11.8 Å². The molecule has 0 aromatic heterocycles. The minimum absolute atomic E-state index is 0.383. The molecule has 0 bridgehead atoms. The van der Waals surface area contributed by atoms with E-state index >= 15 is 0 Å². The van der Waals surface area contributed by atoms with Crippen LogP contribution in [0.25, 0.3) is 0 Å². The maximum absolute atomic E-state index is 9.82. The van der Waals surface area contributed by atoms with E-state index in [1.54, 1.807) is 0 Å². The molecule has 1 atom stereocenters. The third kappa shape index (κ3) is 2.49. The van der Waals surface area contributed by atoms with Crippen LogP contribution in [0.15, 0.2) is 17.1 Å². The predicted molar refractivity (Wildman–Crippen MR) is 75.4 cm³/mol. The van der Waals surface area contributed by atoms with E-state index in [0.29, 0.717) is 16.9 Å². The number of aromatic hydroxyl groups is 1. The largest absolute Gasteiger partial charge is 0.508 e. The summed E-state index contributed by atoms with van der Waals surface area (Å²) in [5.41, 5.74) is 3.31. The van der Waals surface area contributed by atoms with Crippen molar-refractivity contribution in [2.24, 2.45) is 4.99 Å². The van der Waals surface area contributed by atoms with Crippen molar-refractivity contribution in [2.75, 3.05) is 6.54 Å². The Morgan fingerprint density at radius 2 is 2.12 bits per heavy atom. The third-order valence-corrected chi connectivity index (χ3v) is 4.15. The highest BCUT2D eigenvalue weighted by molar-refractivity contribution is 8.15. The van der Waals surface area contributed by atoms with Gasteiger partial charge in [-0.1, -0.05) is 20.8 Å². The van der Waals surface area contributed by atoms with E-state index < -0.39 is 0 Å². The van der Waals surface area contributed by atoms with Gasteiger partial charge in [-0.15, -0.1) is 11.8 Å². The molecule has 1 aromatic rings. The van der Waals surface area contributed by atoms with Crippen LogP contribution in [0, 0.1) is 6.92 Å². The molecular weight excluding hydrogens is 230 g/mol. The Bertz CT molecular complexity index is 466.